The molecule has 1 saturated carbocycles. The molecule has 0 amide bonds. The van der Waals surface area contributed by atoms with Crippen LogP contribution in [-0.2, 0) is 18.3 Å². The van der Waals surface area contributed by atoms with Crippen molar-refractivity contribution in [2.75, 3.05) is 0 Å². The highest BCUT2D eigenvalue weighted by Crippen LogP contribution is 2.55. The topological polar surface area (TPSA) is 23.8 Å². The van der Waals surface area contributed by atoms with Gasteiger partial charge in [-0.1, -0.05) is 0 Å². The van der Waals surface area contributed by atoms with Crippen molar-refractivity contribution in [1.82, 2.24) is 0 Å². The fourth-order valence-electron chi connectivity index (χ4n) is 2.19. The van der Waals surface area contributed by atoms with Crippen molar-refractivity contribution < 1.29 is 0 Å². The zero-order valence-corrected chi connectivity index (χ0v) is 10.2. The second-order valence-corrected chi connectivity index (χ2v) is 6.09. The summed E-state index contributed by atoms with van der Waals surface area (Å²) in [6.07, 6.45) is 5.83. The van der Waals surface area contributed by atoms with Gasteiger partial charge in [-0.25, -0.2) is 0 Å². The predicted octanol–water partition coefficient (Wildman–Crippen LogP) is 3.55. The zero-order chi connectivity index (χ0) is 9.76. The lowest BCUT2D eigenvalue weighted by Crippen LogP contribution is -2.00. The monoisotopic (exact) mass is 267 g/mol. The van der Waals surface area contributed by atoms with E-state index in [0.717, 1.165) is 12.8 Å². The number of halogens is 1. The Morgan fingerprint density at radius 1 is 1.36 bits per heavy atom. The number of nitriles is 1. The SMILES string of the molecule is N#CC1(c2sc3c(c2Br)CCC3)CC1. The summed E-state index contributed by atoms with van der Waals surface area (Å²) in [5.74, 6) is 0. The van der Waals surface area contributed by atoms with Crippen molar-refractivity contribution in [2.24, 2.45) is 0 Å². The van der Waals surface area contributed by atoms with Crippen molar-refractivity contribution in [3.8, 4) is 6.07 Å². The van der Waals surface area contributed by atoms with Crippen molar-refractivity contribution >= 4 is 27.3 Å². The van der Waals surface area contributed by atoms with Gasteiger partial charge in [0, 0.05) is 14.2 Å². The standard InChI is InChI=1S/C11H10BrNS/c12-9-7-2-1-3-8(7)14-10(9)11(6-13)4-5-11/h1-5H2. The highest BCUT2D eigenvalue weighted by atomic mass is 79.9. The number of aryl methyl sites for hydroxylation is 1. The smallest absolute Gasteiger partial charge is 0.0927 e. The molecule has 0 bridgehead atoms. The fraction of sp³-hybridized carbons (Fsp3) is 0.545. The van der Waals surface area contributed by atoms with Crippen LogP contribution in [0.1, 0.15) is 34.6 Å². The Morgan fingerprint density at radius 2 is 2.14 bits per heavy atom. The molecule has 0 spiro atoms. The Morgan fingerprint density at radius 3 is 2.71 bits per heavy atom. The van der Waals surface area contributed by atoms with Crippen molar-refractivity contribution in [3.63, 3.8) is 0 Å². The number of thiophene rings is 1. The minimum Gasteiger partial charge on any atom is -0.197 e. The third-order valence-electron chi connectivity index (χ3n) is 3.26. The van der Waals surface area contributed by atoms with Crippen LogP contribution < -0.4 is 0 Å². The van der Waals surface area contributed by atoms with Gasteiger partial charge in [0.2, 0.25) is 0 Å². The van der Waals surface area contributed by atoms with Crippen LogP contribution in [0, 0.1) is 11.3 Å². The molecular formula is C11H10BrNS. The fourth-order valence-corrected chi connectivity index (χ4v) is 4.86. The molecule has 0 saturated heterocycles. The van der Waals surface area contributed by atoms with Gasteiger partial charge in [-0.05, 0) is 53.6 Å². The van der Waals surface area contributed by atoms with Crippen molar-refractivity contribution in [2.45, 2.75) is 37.5 Å². The molecule has 2 aliphatic carbocycles. The van der Waals surface area contributed by atoms with E-state index < -0.39 is 0 Å². The maximum absolute atomic E-state index is 9.16. The summed E-state index contributed by atoms with van der Waals surface area (Å²) in [4.78, 5) is 2.83. The number of hydrogen-bond donors (Lipinski definition) is 0. The molecule has 0 radical (unpaired) electrons. The summed E-state index contributed by atoms with van der Waals surface area (Å²) in [5, 5.41) is 9.16. The number of hydrogen-bond acceptors (Lipinski definition) is 2. The van der Waals surface area contributed by atoms with Gasteiger partial charge in [-0.15, -0.1) is 11.3 Å². The molecule has 3 heteroatoms. The summed E-state index contributed by atoms with van der Waals surface area (Å²) < 4.78 is 1.26. The van der Waals surface area contributed by atoms with E-state index in [9.17, 15) is 0 Å². The van der Waals surface area contributed by atoms with E-state index in [2.05, 4.69) is 22.0 Å². The third kappa shape index (κ3) is 1.04. The number of nitrogens with zero attached hydrogens (tertiary/aromatic N) is 1. The van der Waals surface area contributed by atoms with E-state index in [1.165, 1.54) is 39.1 Å². The van der Waals surface area contributed by atoms with E-state index >= 15 is 0 Å². The predicted molar refractivity (Wildman–Crippen MR) is 60.6 cm³/mol. The highest BCUT2D eigenvalue weighted by molar-refractivity contribution is 9.10. The molecule has 0 aliphatic heterocycles. The molecular weight excluding hydrogens is 258 g/mol. The minimum absolute atomic E-state index is 0.103. The summed E-state index contributed by atoms with van der Waals surface area (Å²) in [5.41, 5.74) is 1.39. The van der Waals surface area contributed by atoms with E-state index in [4.69, 9.17) is 5.26 Å². The molecule has 72 valence electrons. The first-order valence-corrected chi connectivity index (χ1v) is 6.59. The zero-order valence-electron chi connectivity index (χ0n) is 7.77. The molecule has 1 heterocycles. The van der Waals surface area contributed by atoms with Gasteiger partial charge in [-0.2, -0.15) is 5.26 Å². The van der Waals surface area contributed by atoms with E-state index in [0.29, 0.717) is 0 Å². The van der Waals surface area contributed by atoms with Crippen LogP contribution in [0.3, 0.4) is 0 Å². The molecule has 1 aromatic heterocycles. The molecule has 1 fully saturated rings. The largest absolute Gasteiger partial charge is 0.197 e. The van der Waals surface area contributed by atoms with Crippen LogP contribution in [0.2, 0.25) is 0 Å². The molecule has 1 nitrogen and oxygen atoms in total. The van der Waals surface area contributed by atoms with Crippen LogP contribution in [0.4, 0.5) is 0 Å². The Hall–Kier alpha value is -0.330. The van der Waals surface area contributed by atoms with E-state index in [1.54, 1.807) is 0 Å². The average Bonchev–Trinajstić information content (AvgIpc) is 2.73. The van der Waals surface area contributed by atoms with E-state index in [1.807, 2.05) is 11.3 Å². The van der Waals surface area contributed by atoms with Crippen LogP contribution in [0.15, 0.2) is 4.47 Å². The van der Waals surface area contributed by atoms with E-state index in [-0.39, 0.29) is 5.41 Å². The maximum atomic E-state index is 9.16. The summed E-state index contributed by atoms with van der Waals surface area (Å²) in [6, 6.07) is 2.48. The molecule has 0 atom stereocenters. The first-order chi connectivity index (χ1) is 6.77. The molecule has 0 unspecified atom stereocenters. The normalized spacial score (nSPS) is 21.7. The van der Waals surface area contributed by atoms with Gasteiger partial charge in [0.05, 0.1) is 11.5 Å². The number of fused-ring (bicyclic) bond motifs is 1. The van der Waals surface area contributed by atoms with Crippen LogP contribution >= 0.6 is 27.3 Å². The van der Waals surface area contributed by atoms with Gasteiger partial charge < -0.3 is 0 Å². The first-order valence-electron chi connectivity index (χ1n) is 4.99. The van der Waals surface area contributed by atoms with Gasteiger partial charge in [0.25, 0.3) is 0 Å². The molecule has 3 rings (SSSR count). The Kier molecular flexibility index (Phi) is 1.81. The second-order valence-electron chi connectivity index (χ2n) is 4.19. The molecule has 14 heavy (non-hydrogen) atoms. The van der Waals surface area contributed by atoms with Gasteiger partial charge in [0.15, 0.2) is 0 Å². The molecule has 1 aromatic rings. The maximum Gasteiger partial charge on any atom is 0.0927 e. The Bertz CT molecular complexity index is 437. The summed E-state index contributed by atoms with van der Waals surface area (Å²) in [7, 11) is 0. The lowest BCUT2D eigenvalue weighted by atomic mass is 10.1. The third-order valence-corrected chi connectivity index (χ3v) is 5.89. The number of rotatable bonds is 1. The van der Waals surface area contributed by atoms with Gasteiger partial charge >= 0.3 is 0 Å². The second kappa shape index (κ2) is 2.84. The molecule has 0 aromatic carbocycles. The van der Waals surface area contributed by atoms with Crippen molar-refractivity contribution in [3.05, 3.63) is 19.8 Å². The minimum atomic E-state index is -0.103. The van der Waals surface area contributed by atoms with Crippen LogP contribution in [-0.4, -0.2) is 0 Å². The lowest BCUT2D eigenvalue weighted by Gasteiger charge is -2.03. The van der Waals surface area contributed by atoms with Gasteiger partial charge in [0.1, 0.15) is 0 Å². The Balaban J connectivity index is 2.13. The Labute approximate surface area is 95.9 Å². The lowest BCUT2D eigenvalue weighted by molar-refractivity contribution is 0.895. The first kappa shape index (κ1) is 8.94. The summed E-state index contributed by atoms with van der Waals surface area (Å²) in [6.45, 7) is 0. The highest BCUT2D eigenvalue weighted by Gasteiger charge is 2.48. The summed E-state index contributed by atoms with van der Waals surface area (Å²) >= 11 is 5.55. The van der Waals surface area contributed by atoms with Crippen molar-refractivity contribution in [1.29, 1.82) is 5.26 Å². The van der Waals surface area contributed by atoms with Crippen LogP contribution in [0.5, 0.6) is 0 Å². The quantitative estimate of drug-likeness (QED) is 0.764. The molecule has 2 aliphatic rings. The van der Waals surface area contributed by atoms with Crippen LogP contribution in [0.25, 0.3) is 0 Å². The van der Waals surface area contributed by atoms with Gasteiger partial charge in [-0.3, -0.25) is 0 Å². The molecule has 0 N–H and O–H groups in total. The average molecular weight is 268 g/mol.